The zero-order valence-corrected chi connectivity index (χ0v) is 17.2. The van der Waals surface area contributed by atoms with Gasteiger partial charge in [0.25, 0.3) is 0 Å². The van der Waals surface area contributed by atoms with Gasteiger partial charge in [-0.1, -0.05) is 17.7 Å². The number of hydrogen-bond donors (Lipinski definition) is 3. The molecule has 2 aliphatic heterocycles. The second kappa shape index (κ2) is 9.03. The average molecular weight is 415 g/mol. The SMILES string of the molecule is O=C1CCc2c(cccc2N2CCN(C[C@@H](O)CNc3ccc(Cl)cc3)CC2)N1. The minimum absolute atomic E-state index is 0.0978. The van der Waals surface area contributed by atoms with E-state index < -0.39 is 6.10 Å². The van der Waals surface area contributed by atoms with Crippen molar-refractivity contribution in [3.05, 3.63) is 53.1 Å². The highest BCUT2D eigenvalue weighted by molar-refractivity contribution is 6.30. The van der Waals surface area contributed by atoms with E-state index in [1.54, 1.807) is 0 Å². The van der Waals surface area contributed by atoms with Gasteiger partial charge in [-0.25, -0.2) is 0 Å². The van der Waals surface area contributed by atoms with E-state index in [0.717, 1.165) is 44.0 Å². The molecule has 0 bridgehead atoms. The summed E-state index contributed by atoms with van der Waals surface area (Å²) >= 11 is 5.90. The van der Waals surface area contributed by atoms with Crippen LogP contribution in [-0.4, -0.2) is 61.3 Å². The summed E-state index contributed by atoms with van der Waals surface area (Å²) < 4.78 is 0. The summed E-state index contributed by atoms with van der Waals surface area (Å²) in [6.07, 6.45) is 0.917. The van der Waals surface area contributed by atoms with Crippen LogP contribution in [0, 0.1) is 0 Å². The zero-order chi connectivity index (χ0) is 20.2. The molecule has 2 aromatic rings. The predicted octanol–water partition coefficient (Wildman–Crippen LogP) is 2.82. The Hall–Kier alpha value is -2.28. The van der Waals surface area contributed by atoms with Gasteiger partial charge in [0.2, 0.25) is 5.91 Å². The summed E-state index contributed by atoms with van der Waals surface area (Å²) in [5, 5.41) is 17.3. The first-order valence-corrected chi connectivity index (χ1v) is 10.5. The Morgan fingerprint density at radius 1 is 1.07 bits per heavy atom. The van der Waals surface area contributed by atoms with Crippen molar-refractivity contribution in [2.75, 3.05) is 54.8 Å². The Bertz CT molecular complexity index is 850. The van der Waals surface area contributed by atoms with E-state index in [4.69, 9.17) is 11.6 Å². The standard InChI is InChI=1S/C22H27ClN4O2/c23-16-4-6-17(7-5-16)24-14-18(28)15-26-10-12-27(13-11-26)21-3-1-2-20-19(21)8-9-22(29)25-20/h1-7,18,24,28H,8-15H2,(H,25,29)/t18-/m0/s1. The molecule has 0 radical (unpaired) electrons. The quantitative estimate of drug-likeness (QED) is 0.678. The van der Waals surface area contributed by atoms with Crippen LogP contribution in [0.5, 0.6) is 0 Å². The van der Waals surface area contributed by atoms with Crippen molar-refractivity contribution in [2.24, 2.45) is 0 Å². The smallest absolute Gasteiger partial charge is 0.224 e. The van der Waals surface area contributed by atoms with Gasteiger partial charge in [0.05, 0.1) is 6.10 Å². The van der Waals surface area contributed by atoms with Crippen molar-refractivity contribution < 1.29 is 9.90 Å². The third kappa shape index (κ3) is 5.01. The fourth-order valence-corrected chi connectivity index (χ4v) is 4.17. The van der Waals surface area contributed by atoms with E-state index in [0.29, 0.717) is 24.5 Å². The lowest BCUT2D eigenvalue weighted by Crippen LogP contribution is -2.49. The molecule has 2 aliphatic rings. The first-order valence-electron chi connectivity index (χ1n) is 10.1. The highest BCUT2D eigenvalue weighted by Crippen LogP contribution is 2.32. The van der Waals surface area contributed by atoms with Gasteiger partial charge in [-0.2, -0.15) is 0 Å². The maximum atomic E-state index is 11.7. The number of nitrogens with zero attached hydrogens (tertiary/aromatic N) is 2. The van der Waals surface area contributed by atoms with Crippen LogP contribution in [0.15, 0.2) is 42.5 Å². The summed E-state index contributed by atoms with van der Waals surface area (Å²) in [7, 11) is 0. The van der Waals surface area contributed by atoms with Gasteiger partial charge < -0.3 is 20.6 Å². The Morgan fingerprint density at radius 2 is 1.83 bits per heavy atom. The molecule has 7 heteroatoms. The highest BCUT2D eigenvalue weighted by atomic mass is 35.5. The first kappa shape index (κ1) is 20.0. The number of halogens is 1. The zero-order valence-electron chi connectivity index (χ0n) is 16.4. The number of aliphatic hydroxyl groups excluding tert-OH is 1. The molecule has 2 heterocycles. The Kier molecular flexibility index (Phi) is 6.23. The number of aliphatic hydroxyl groups is 1. The van der Waals surface area contributed by atoms with Crippen molar-refractivity contribution in [3.63, 3.8) is 0 Å². The van der Waals surface area contributed by atoms with Gasteiger partial charge >= 0.3 is 0 Å². The summed E-state index contributed by atoms with van der Waals surface area (Å²) in [5.74, 6) is 0.0978. The molecule has 29 heavy (non-hydrogen) atoms. The van der Waals surface area contributed by atoms with Crippen LogP contribution in [-0.2, 0) is 11.2 Å². The lowest BCUT2D eigenvalue weighted by Gasteiger charge is -2.38. The number of piperazine rings is 1. The number of benzene rings is 2. The largest absolute Gasteiger partial charge is 0.390 e. The maximum Gasteiger partial charge on any atom is 0.224 e. The summed E-state index contributed by atoms with van der Waals surface area (Å²) in [6.45, 7) is 4.82. The Balaban J connectivity index is 1.27. The van der Waals surface area contributed by atoms with Crippen LogP contribution in [0.2, 0.25) is 5.02 Å². The normalized spacial score (nSPS) is 18.1. The van der Waals surface area contributed by atoms with E-state index in [-0.39, 0.29) is 5.91 Å². The number of hydrogen-bond acceptors (Lipinski definition) is 5. The molecule has 3 N–H and O–H groups in total. The van der Waals surface area contributed by atoms with Crippen molar-refractivity contribution in [1.82, 2.24) is 4.90 Å². The van der Waals surface area contributed by atoms with Crippen molar-refractivity contribution in [3.8, 4) is 0 Å². The summed E-state index contributed by atoms with van der Waals surface area (Å²) in [5.41, 5.74) is 4.38. The highest BCUT2D eigenvalue weighted by Gasteiger charge is 2.24. The molecule has 1 saturated heterocycles. The molecular weight excluding hydrogens is 388 g/mol. The van der Waals surface area contributed by atoms with Gasteiger partial charge in [-0.15, -0.1) is 0 Å². The van der Waals surface area contributed by atoms with Crippen LogP contribution >= 0.6 is 11.6 Å². The van der Waals surface area contributed by atoms with Gasteiger partial charge in [0.15, 0.2) is 0 Å². The van der Waals surface area contributed by atoms with Crippen LogP contribution in [0.3, 0.4) is 0 Å². The van der Waals surface area contributed by atoms with Crippen LogP contribution in [0.4, 0.5) is 17.1 Å². The second-order valence-electron chi connectivity index (χ2n) is 7.68. The minimum Gasteiger partial charge on any atom is -0.390 e. The van der Waals surface area contributed by atoms with Crippen molar-refractivity contribution in [1.29, 1.82) is 0 Å². The fraction of sp³-hybridized carbons (Fsp3) is 0.409. The molecule has 0 spiro atoms. The molecule has 2 aromatic carbocycles. The minimum atomic E-state index is -0.433. The molecule has 0 saturated carbocycles. The molecule has 6 nitrogen and oxygen atoms in total. The number of rotatable bonds is 6. The van der Waals surface area contributed by atoms with Crippen molar-refractivity contribution in [2.45, 2.75) is 18.9 Å². The Morgan fingerprint density at radius 3 is 2.59 bits per heavy atom. The van der Waals surface area contributed by atoms with E-state index in [2.05, 4.69) is 26.5 Å². The lowest BCUT2D eigenvalue weighted by molar-refractivity contribution is -0.116. The molecule has 4 rings (SSSR count). The third-order valence-corrected chi connectivity index (χ3v) is 5.85. The molecule has 0 aromatic heterocycles. The van der Waals surface area contributed by atoms with E-state index in [1.807, 2.05) is 36.4 Å². The number of nitrogens with one attached hydrogen (secondary N) is 2. The van der Waals surface area contributed by atoms with Gasteiger partial charge in [-0.05, 0) is 48.4 Å². The van der Waals surface area contributed by atoms with Gasteiger partial charge in [0.1, 0.15) is 0 Å². The van der Waals surface area contributed by atoms with Crippen LogP contribution in [0.1, 0.15) is 12.0 Å². The van der Waals surface area contributed by atoms with Crippen LogP contribution < -0.4 is 15.5 Å². The van der Waals surface area contributed by atoms with Gasteiger partial charge in [0, 0.05) is 67.8 Å². The molecule has 1 atom stereocenters. The predicted molar refractivity (Wildman–Crippen MR) is 118 cm³/mol. The molecule has 0 unspecified atom stereocenters. The first-order chi connectivity index (χ1) is 14.1. The topological polar surface area (TPSA) is 67.8 Å². The number of fused-ring (bicyclic) bond motifs is 1. The number of β-amino-alcohol motifs (C(OH)–C–C–N with tert-alkyl or cyclic N) is 1. The summed E-state index contributed by atoms with van der Waals surface area (Å²) in [4.78, 5) is 16.4. The van der Waals surface area contributed by atoms with E-state index in [1.165, 1.54) is 11.3 Å². The molecule has 1 amide bonds. The number of amides is 1. The second-order valence-corrected chi connectivity index (χ2v) is 8.12. The van der Waals surface area contributed by atoms with Crippen molar-refractivity contribution >= 4 is 34.6 Å². The summed E-state index contributed by atoms with van der Waals surface area (Å²) in [6, 6.07) is 13.6. The average Bonchev–Trinajstić information content (AvgIpc) is 2.73. The number of anilines is 3. The monoisotopic (exact) mass is 414 g/mol. The van der Waals surface area contributed by atoms with Crippen LogP contribution in [0.25, 0.3) is 0 Å². The van der Waals surface area contributed by atoms with E-state index in [9.17, 15) is 9.90 Å². The fourth-order valence-electron chi connectivity index (χ4n) is 4.04. The molecular formula is C22H27ClN4O2. The Labute approximate surface area is 176 Å². The molecule has 154 valence electrons. The number of carbonyl (C=O) groups excluding carboxylic acids is 1. The number of carbonyl (C=O) groups is 1. The van der Waals surface area contributed by atoms with E-state index >= 15 is 0 Å². The molecule has 1 fully saturated rings. The molecule has 0 aliphatic carbocycles. The lowest BCUT2D eigenvalue weighted by atomic mass is 10.00. The third-order valence-electron chi connectivity index (χ3n) is 5.60. The maximum absolute atomic E-state index is 11.7. The van der Waals surface area contributed by atoms with Gasteiger partial charge in [-0.3, -0.25) is 9.69 Å².